The van der Waals surface area contributed by atoms with Crippen LogP contribution >= 0.6 is 0 Å². The Bertz CT molecular complexity index is 106. The molecule has 0 aliphatic carbocycles. The van der Waals surface area contributed by atoms with Crippen molar-refractivity contribution < 1.29 is 4.74 Å². The van der Waals surface area contributed by atoms with Crippen LogP contribution in [0.5, 0.6) is 0 Å². The maximum Gasteiger partial charge on any atom is 0.143 e. The summed E-state index contributed by atoms with van der Waals surface area (Å²) in [6, 6.07) is 2.09. The van der Waals surface area contributed by atoms with Gasteiger partial charge in [0.15, 0.2) is 0 Å². The molecule has 0 spiro atoms. The molecule has 0 radical (unpaired) electrons. The first-order chi connectivity index (χ1) is 4.85. The summed E-state index contributed by atoms with van der Waals surface area (Å²) in [5.74, 6) is 0. The molecule has 0 heterocycles. The number of nitriles is 1. The van der Waals surface area contributed by atoms with Gasteiger partial charge in [-0.25, -0.2) is 0 Å². The van der Waals surface area contributed by atoms with Gasteiger partial charge in [0.25, 0.3) is 0 Å². The molecule has 0 rings (SSSR count). The lowest BCUT2D eigenvalue weighted by molar-refractivity contribution is 0.0853. The van der Waals surface area contributed by atoms with Gasteiger partial charge in [0.2, 0.25) is 0 Å². The Hall–Kier alpha value is -0.550. The topological polar surface area (TPSA) is 33.0 Å². The van der Waals surface area contributed by atoms with Crippen LogP contribution in [0.25, 0.3) is 0 Å². The summed E-state index contributed by atoms with van der Waals surface area (Å²) < 4.78 is 5.22. The first-order valence-electron chi connectivity index (χ1n) is 3.86. The Morgan fingerprint density at radius 3 is 2.60 bits per heavy atom. The third-order valence-electron chi connectivity index (χ3n) is 1.33. The molecule has 1 unspecified atom stereocenters. The minimum absolute atomic E-state index is 0.188. The second kappa shape index (κ2) is 6.57. The summed E-state index contributed by atoms with van der Waals surface area (Å²) >= 11 is 0. The van der Waals surface area contributed by atoms with Crippen LogP contribution in [0.1, 0.15) is 33.1 Å². The lowest BCUT2D eigenvalue weighted by atomic mass is 10.3. The van der Waals surface area contributed by atoms with Gasteiger partial charge in [0, 0.05) is 6.61 Å². The van der Waals surface area contributed by atoms with E-state index in [1.54, 1.807) is 0 Å². The van der Waals surface area contributed by atoms with Crippen LogP contribution in [0.15, 0.2) is 0 Å². The predicted molar refractivity (Wildman–Crippen MR) is 40.6 cm³/mol. The standard InChI is InChI=1S/C8H15NO/c1-3-5-6-10-8(4-2)7-9/h8H,3-6H2,1-2H3. The smallest absolute Gasteiger partial charge is 0.143 e. The van der Waals surface area contributed by atoms with Crippen LogP contribution in [0.2, 0.25) is 0 Å². The van der Waals surface area contributed by atoms with Gasteiger partial charge >= 0.3 is 0 Å². The third-order valence-corrected chi connectivity index (χ3v) is 1.33. The fourth-order valence-corrected chi connectivity index (χ4v) is 0.616. The third kappa shape index (κ3) is 4.34. The summed E-state index contributed by atoms with van der Waals surface area (Å²) in [5.41, 5.74) is 0. The van der Waals surface area contributed by atoms with E-state index in [9.17, 15) is 0 Å². The fraction of sp³-hybridized carbons (Fsp3) is 0.875. The second-order valence-electron chi connectivity index (χ2n) is 2.25. The van der Waals surface area contributed by atoms with Crippen molar-refractivity contribution in [2.75, 3.05) is 6.61 Å². The largest absolute Gasteiger partial charge is 0.363 e. The van der Waals surface area contributed by atoms with Gasteiger partial charge < -0.3 is 4.74 Å². The van der Waals surface area contributed by atoms with Crippen LogP contribution in [-0.2, 0) is 4.74 Å². The molecule has 58 valence electrons. The number of hydrogen-bond acceptors (Lipinski definition) is 2. The first kappa shape index (κ1) is 9.45. The molecule has 0 aliphatic rings. The van der Waals surface area contributed by atoms with E-state index in [0.717, 1.165) is 25.9 Å². The molecule has 0 aliphatic heterocycles. The van der Waals surface area contributed by atoms with Gasteiger partial charge in [0.05, 0.1) is 6.07 Å². The van der Waals surface area contributed by atoms with Gasteiger partial charge in [-0.15, -0.1) is 0 Å². The minimum atomic E-state index is -0.188. The molecular weight excluding hydrogens is 126 g/mol. The first-order valence-corrected chi connectivity index (χ1v) is 3.86. The van der Waals surface area contributed by atoms with Crippen LogP contribution in [-0.4, -0.2) is 12.7 Å². The van der Waals surface area contributed by atoms with E-state index in [1.165, 1.54) is 0 Å². The minimum Gasteiger partial charge on any atom is -0.363 e. The molecule has 0 aromatic rings. The number of hydrogen-bond donors (Lipinski definition) is 0. The fourth-order valence-electron chi connectivity index (χ4n) is 0.616. The molecule has 0 aromatic heterocycles. The van der Waals surface area contributed by atoms with Gasteiger partial charge in [-0.3, -0.25) is 0 Å². The lowest BCUT2D eigenvalue weighted by Gasteiger charge is -2.05. The van der Waals surface area contributed by atoms with E-state index < -0.39 is 0 Å². The monoisotopic (exact) mass is 141 g/mol. The summed E-state index contributed by atoms with van der Waals surface area (Å²) in [6.45, 7) is 4.79. The average Bonchev–Trinajstić information content (AvgIpc) is 1.99. The van der Waals surface area contributed by atoms with E-state index in [1.807, 2.05) is 6.92 Å². The Morgan fingerprint density at radius 1 is 1.50 bits per heavy atom. The lowest BCUT2D eigenvalue weighted by Crippen LogP contribution is -2.09. The van der Waals surface area contributed by atoms with Crippen molar-refractivity contribution in [3.8, 4) is 6.07 Å². The highest BCUT2D eigenvalue weighted by atomic mass is 16.5. The number of rotatable bonds is 5. The number of unbranched alkanes of at least 4 members (excludes halogenated alkanes) is 1. The molecule has 10 heavy (non-hydrogen) atoms. The SMILES string of the molecule is CCCCOC(C#N)CC. The zero-order valence-electron chi connectivity index (χ0n) is 6.76. The quantitative estimate of drug-likeness (QED) is 0.549. The predicted octanol–water partition coefficient (Wildman–Crippen LogP) is 2.11. The van der Waals surface area contributed by atoms with Crippen LogP contribution in [0, 0.1) is 11.3 Å². The molecule has 0 saturated carbocycles. The van der Waals surface area contributed by atoms with Crippen molar-refractivity contribution in [2.24, 2.45) is 0 Å². The molecule has 2 heteroatoms. The van der Waals surface area contributed by atoms with E-state index in [4.69, 9.17) is 10.00 Å². The normalized spacial score (nSPS) is 12.5. The molecule has 0 bridgehead atoms. The Kier molecular flexibility index (Phi) is 6.21. The number of ether oxygens (including phenoxy) is 1. The average molecular weight is 141 g/mol. The maximum atomic E-state index is 8.45. The molecular formula is C8H15NO. The van der Waals surface area contributed by atoms with Crippen molar-refractivity contribution in [3.05, 3.63) is 0 Å². The van der Waals surface area contributed by atoms with Crippen molar-refractivity contribution in [1.29, 1.82) is 5.26 Å². The van der Waals surface area contributed by atoms with Gasteiger partial charge in [-0.05, 0) is 12.8 Å². The maximum absolute atomic E-state index is 8.45. The van der Waals surface area contributed by atoms with E-state index in [2.05, 4.69) is 13.0 Å². The molecule has 0 saturated heterocycles. The highest BCUT2D eigenvalue weighted by molar-refractivity contribution is 4.82. The summed E-state index contributed by atoms with van der Waals surface area (Å²) in [7, 11) is 0. The Labute approximate surface area is 62.8 Å². The van der Waals surface area contributed by atoms with Gasteiger partial charge in [0.1, 0.15) is 6.10 Å². The highest BCUT2D eigenvalue weighted by Crippen LogP contribution is 1.97. The molecule has 2 nitrogen and oxygen atoms in total. The van der Waals surface area contributed by atoms with Crippen LogP contribution in [0.4, 0.5) is 0 Å². The van der Waals surface area contributed by atoms with Crippen molar-refractivity contribution in [3.63, 3.8) is 0 Å². The Balaban J connectivity index is 3.20. The van der Waals surface area contributed by atoms with Crippen molar-refractivity contribution in [1.82, 2.24) is 0 Å². The molecule has 0 fully saturated rings. The van der Waals surface area contributed by atoms with Gasteiger partial charge in [-0.2, -0.15) is 5.26 Å². The molecule has 0 amide bonds. The molecule has 1 atom stereocenters. The van der Waals surface area contributed by atoms with E-state index in [0.29, 0.717) is 0 Å². The molecule has 0 aromatic carbocycles. The zero-order valence-corrected chi connectivity index (χ0v) is 6.76. The zero-order chi connectivity index (χ0) is 7.82. The molecule has 0 N–H and O–H groups in total. The van der Waals surface area contributed by atoms with E-state index in [-0.39, 0.29) is 6.10 Å². The highest BCUT2D eigenvalue weighted by Gasteiger charge is 2.01. The van der Waals surface area contributed by atoms with Crippen LogP contribution < -0.4 is 0 Å². The summed E-state index contributed by atoms with van der Waals surface area (Å²) in [5, 5.41) is 8.45. The van der Waals surface area contributed by atoms with Crippen molar-refractivity contribution >= 4 is 0 Å². The van der Waals surface area contributed by atoms with Gasteiger partial charge in [-0.1, -0.05) is 20.3 Å². The Morgan fingerprint density at radius 2 is 2.20 bits per heavy atom. The second-order valence-corrected chi connectivity index (χ2v) is 2.25. The summed E-state index contributed by atoms with van der Waals surface area (Å²) in [6.07, 6.45) is 2.78. The van der Waals surface area contributed by atoms with E-state index >= 15 is 0 Å². The van der Waals surface area contributed by atoms with Crippen molar-refractivity contribution in [2.45, 2.75) is 39.2 Å². The summed E-state index contributed by atoms with van der Waals surface area (Å²) in [4.78, 5) is 0. The number of nitrogens with zero attached hydrogens (tertiary/aromatic N) is 1. The van der Waals surface area contributed by atoms with Crippen LogP contribution in [0.3, 0.4) is 0 Å².